The highest BCUT2D eigenvalue weighted by Gasteiger charge is 2.24. The summed E-state index contributed by atoms with van der Waals surface area (Å²) >= 11 is 0. The molecule has 1 fully saturated rings. The maximum Gasteiger partial charge on any atom is 0.330 e. The quantitative estimate of drug-likeness (QED) is 0.716. The molecule has 1 aliphatic heterocycles. The summed E-state index contributed by atoms with van der Waals surface area (Å²) in [4.78, 5) is 28.3. The fourth-order valence-corrected chi connectivity index (χ4v) is 2.84. The molecule has 0 spiro atoms. The van der Waals surface area contributed by atoms with Crippen LogP contribution < -0.4 is 21.9 Å². The fourth-order valence-electron chi connectivity index (χ4n) is 2.84. The van der Waals surface area contributed by atoms with Crippen LogP contribution in [0.4, 0.5) is 11.5 Å². The van der Waals surface area contributed by atoms with Crippen molar-refractivity contribution < 1.29 is 5.11 Å². The SMILES string of the molecule is CCCCn1c(N)c(N2CCCC(CO)C2)c(=O)[nH]c1=O. The Labute approximate surface area is 123 Å². The molecule has 0 aliphatic carbocycles. The third kappa shape index (κ3) is 3.29. The third-order valence-electron chi connectivity index (χ3n) is 4.04. The first-order valence-corrected chi connectivity index (χ1v) is 7.56. The molecule has 21 heavy (non-hydrogen) atoms. The largest absolute Gasteiger partial charge is 0.396 e. The topological polar surface area (TPSA) is 104 Å². The molecule has 1 saturated heterocycles. The highest BCUT2D eigenvalue weighted by atomic mass is 16.3. The Bertz CT molecular complexity index is 593. The molecule has 118 valence electrons. The Kier molecular flexibility index (Phi) is 5.06. The van der Waals surface area contributed by atoms with Gasteiger partial charge in [-0.1, -0.05) is 13.3 Å². The molecular formula is C14H24N4O3. The molecule has 1 unspecified atom stereocenters. The lowest BCUT2D eigenvalue weighted by Gasteiger charge is -2.33. The monoisotopic (exact) mass is 296 g/mol. The summed E-state index contributed by atoms with van der Waals surface area (Å²) in [5.74, 6) is 0.379. The van der Waals surface area contributed by atoms with Gasteiger partial charge in [0, 0.05) is 26.2 Å². The molecule has 0 amide bonds. The van der Waals surface area contributed by atoms with Crippen molar-refractivity contribution >= 4 is 11.5 Å². The summed E-state index contributed by atoms with van der Waals surface area (Å²) in [6.45, 7) is 3.95. The highest BCUT2D eigenvalue weighted by molar-refractivity contribution is 5.62. The molecule has 7 heteroatoms. The number of aromatic amines is 1. The minimum absolute atomic E-state index is 0.101. The van der Waals surface area contributed by atoms with Gasteiger partial charge in [0.1, 0.15) is 11.5 Å². The van der Waals surface area contributed by atoms with Crippen LogP contribution in [0.25, 0.3) is 0 Å². The van der Waals surface area contributed by atoms with Crippen molar-refractivity contribution in [3.8, 4) is 0 Å². The maximum atomic E-state index is 12.1. The van der Waals surface area contributed by atoms with Gasteiger partial charge < -0.3 is 15.7 Å². The molecular weight excluding hydrogens is 272 g/mol. The standard InChI is InChI=1S/C14H24N4O3/c1-2-3-7-18-12(15)11(13(20)16-14(18)21)17-6-4-5-10(8-17)9-19/h10,19H,2-9,15H2,1H3,(H,16,20,21). The summed E-state index contributed by atoms with van der Waals surface area (Å²) in [5.41, 5.74) is 5.55. The molecule has 0 aromatic carbocycles. The summed E-state index contributed by atoms with van der Waals surface area (Å²) in [5, 5.41) is 9.31. The van der Waals surface area contributed by atoms with Gasteiger partial charge in [-0.3, -0.25) is 14.3 Å². The van der Waals surface area contributed by atoms with Crippen LogP contribution in [0.15, 0.2) is 9.59 Å². The Morgan fingerprint density at radius 1 is 1.43 bits per heavy atom. The summed E-state index contributed by atoms with van der Waals surface area (Å²) in [7, 11) is 0. The van der Waals surface area contributed by atoms with Gasteiger partial charge in [-0.05, 0) is 25.2 Å². The smallest absolute Gasteiger partial charge is 0.330 e. The zero-order valence-corrected chi connectivity index (χ0v) is 12.5. The lowest BCUT2D eigenvalue weighted by molar-refractivity contribution is 0.208. The van der Waals surface area contributed by atoms with Gasteiger partial charge in [0.15, 0.2) is 0 Å². The molecule has 1 aromatic rings. The number of rotatable bonds is 5. The number of nitrogens with one attached hydrogen (secondary N) is 1. The predicted octanol–water partition coefficient (Wildman–Crippen LogP) is 0.128. The molecule has 0 bridgehead atoms. The number of aliphatic hydroxyl groups is 1. The number of nitrogens with two attached hydrogens (primary N) is 1. The number of hydrogen-bond acceptors (Lipinski definition) is 5. The van der Waals surface area contributed by atoms with Crippen molar-refractivity contribution in [1.82, 2.24) is 9.55 Å². The minimum Gasteiger partial charge on any atom is -0.396 e. The highest BCUT2D eigenvalue weighted by Crippen LogP contribution is 2.24. The molecule has 7 nitrogen and oxygen atoms in total. The zero-order chi connectivity index (χ0) is 15.4. The summed E-state index contributed by atoms with van der Waals surface area (Å²) in [6.07, 6.45) is 3.62. The Morgan fingerprint density at radius 3 is 2.86 bits per heavy atom. The second kappa shape index (κ2) is 6.80. The number of nitrogen functional groups attached to an aromatic ring is 1. The number of nitrogens with zero attached hydrogens (tertiary/aromatic N) is 2. The van der Waals surface area contributed by atoms with Crippen LogP contribution in [-0.4, -0.2) is 34.4 Å². The van der Waals surface area contributed by atoms with Crippen LogP contribution in [0.2, 0.25) is 0 Å². The van der Waals surface area contributed by atoms with Crippen molar-refractivity contribution in [1.29, 1.82) is 0 Å². The number of piperidine rings is 1. The number of aliphatic hydroxyl groups excluding tert-OH is 1. The molecule has 4 N–H and O–H groups in total. The average molecular weight is 296 g/mol. The van der Waals surface area contributed by atoms with Crippen molar-refractivity contribution in [2.75, 3.05) is 30.3 Å². The van der Waals surface area contributed by atoms with E-state index in [1.165, 1.54) is 4.57 Å². The molecule has 0 radical (unpaired) electrons. The van der Waals surface area contributed by atoms with Crippen molar-refractivity contribution in [3.05, 3.63) is 20.8 Å². The first-order valence-electron chi connectivity index (χ1n) is 7.56. The van der Waals surface area contributed by atoms with Gasteiger partial charge in [-0.2, -0.15) is 0 Å². The molecule has 2 rings (SSSR count). The fraction of sp³-hybridized carbons (Fsp3) is 0.714. The first-order chi connectivity index (χ1) is 10.1. The second-order valence-electron chi connectivity index (χ2n) is 5.64. The number of H-pyrrole nitrogens is 1. The van der Waals surface area contributed by atoms with Crippen molar-refractivity contribution in [2.24, 2.45) is 5.92 Å². The van der Waals surface area contributed by atoms with Gasteiger partial charge in [-0.15, -0.1) is 0 Å². The van der Waals surface area contributed by atoms with Crippen LogP contribution >= 0.6 is 0 Å². The average Bonchev–Trinajstić information content (AvgIpc) is 2.47. The van der Waals surface area contributed by atoms with E-state index in [1.807, 2.05) is 11.8 Å². The number of aromatic nitrogens is 2. The maximum absolute atomic E-state index is 12.1. The molecule has 0 saturated carbocycles. The van der Waals surface area contributed by atoms with Crippen LogP contribution in [0.3, 0.4) is 0 Å². The van der Waals surface area contributed by atoms with Crippen molar-refractivity contribution in [3.63, 3.8) is 0 Å². The van der Waals surface area contributed by atoms with Crippen molar-refractivity contribution in [2.45, 2.75) is 39.2 Å². The van der Waals surface area contributed by atoms with E-state index in [1.54, 1.807) is 0 Å². The van der Waals surface area contributed by atoms with E-state index in [2.05, 4.69) is 4.98 Å². The van der Waals surface area contributed by atoms with E-state index in [-0.39, 0.29) is 18.3 Å². The molecule has 2 heterocycles. The lowest BCUT2D eigenvalue weighted by atomic mass is 9.99. The predicted molar refractivity (Wildman–Crippen MR) is 82.7 cm³/mol. The van der Waals surface area contributed by atoms with Crippen LogP contribution in [0, 0.1) is 5.92 Å². The van der Waals surface area contributed by atoms with Gasteiger partial charge >= 0.3 is 5.69 Å². The summed E-state index contributed by atoms with van der Waals surface area (Å²) < 4.78 is 1.43. The van der Waals surface area contributed by atoms with Gasteiger partial charge in [0.05, 0.1) is 0 Å². The second-order valence-corrected chi connectivity index (χ2v) is 5.64. The van der Waals surface area contributed by atoms with E-state index < -0.39 is 11.2 Å². The van der Waals surface area contributed by atoms with E-state index in [9.17, 15) is 14.7 Å². The van der Waals surface area contributed by atoms with E-state index in [4.69, 9.17) is 5.73 Å². The van der Waals surface area contributed by atoms with E-state index >= 15 is 0 Å². The number of hydrogen-bond donors (Lipinski definition) is 3. The Hall–Kier alpha value is -1.76. The first kappa shape index (κ1) is 15.6. The van der Waals surface area contributed by atoms with Gasteiger partial charge in [-0.25, -0.2) is 4.79 Å². The van der Waals surface area contributed by atoms with Crippen LogP contribution in [0.5, 0.6) is 0 Å². The van der Waals surface area contributed by atoms with E-state index in [0.29, 0.717) is 18.8 Å². The normalized spacial score (nSPS) is 19.0. The van der Waals surface area contributed by atoms with Crippen LogP contribution in [0.1, 0.15) is 32.6 Å². The van der Waals surface area contributed by atoms with Gasteiger partial charge in [0.25, 0.3) is 5.56 Å². The minimum atomic E-state index is -0.453. The molecule has 1 aromatic heterocycles. The third-order valence-corrected chi connectivity index (χ3v) is 4.04. The van der Waals surface area contributed by atoms with Crippen LogP contribution in [-0.2, 0) is 6.54 Å². The Morgan fingerprint density at radius 2 is 2.19 bits per heavy atom. The zero-order valence-electron chi connectivity index (χ0n) is 12.5. The number of anilines is 2. The molecule has 1 atom stereocenters. The number of unbranched alkanes of at least 4 members (excludes halogenated alkanes) is 1. The van der Waals surface area contributed by atoms with E-state index in [0.717, 1.165) is 32.2 Å². The summed E-state index contributed by atoms with van der Waals surface area (Å²) in [6, 6.07) is 0. The molecule has 1 aliphatic rings. The lowest BCUT2D eigenvalue weighted by Crippen LogP contribution is -2.43. The van der Waals surface area contributed by atoms with Gasteiger partial charge in [0.2, 0.25) is 0 Å². The Balaban J connectivity index is 2.38.